The summed E-state index contributed by atoms with van der Waals surface area (Å²) in [5, 5.41) is 3.53. The summed E-state index contributed by atoms with van der Waals surface area (Å²) in [5.41, 5.74) is 1.12. The molecule has 6 heteroatoms. The molecule has 0 radical (unpaired) electrons. The number of hydrogen-bond donors (Lipinski definition) is 1. The number of nitrogens with zero attached hydrogens (tertiary/aromatic N) is 1. The van der Waals surface area contributed by atoms with Crippen LogP contribution in [-0.4, -0.2) is 30.0 Å². The first-order chi connectivity index (χ1) is 12.1. The van der Waals surface area contributed by atoms with Gasteiger partial charge in [-0.1, -0.05) is 35.9 Å². The number of ether oxygens (including phenoxy) is 1. The molecule has 2 aromatic carbocycles. The van der Waals surface area contributed by atoms with Crippen molar-refractivity contribution < 1.29 is 14.3 Å². The van der Waals surface area contributed by atoms with Gasteiger partial charge in [0.2, 0.25) is 0 Å². The minimum absolute atomic E-state index is 0.192. The van der Waals surface area contributed by atoms with Crippen LogP contribution in [-0.2, 0) is 16.8 Å². The van der Waals surface area contributed by atoms with Gasteiger partial charge in [0, 0.05) is 5.02 Å². The maximum atomic E-state index is 13.0. The number of carbonyl (C=O) groups is 2. The van der Waals surface area contributed by atoms with Crippen LogP contribution >= 0.6 is 11.6 Å². The monoisotopic (exact) mass is 356 g/mol. The van der Waals surface area contributed by atoms with E-state index in [4.69, 9.17) is 16.3 Å². The average Bonchev–Trinajstić information content (AvgIpc) is 3.10. The predicted octanol–water partition coefficient (Wildman–Crippen LogP) is 3.11. The highest BCUT2D eigenvalue weighted by Crippen LogP contribution is 2.41. The van der Waals surface area contributed by atoms with E-state index in [1.807, 2.05) is 24.3 Å². The quantitative estimate of drug-likeness (QED) is 0.856. The topological polar surface area (TPSA) is 58.6 Å². The van der Waals surface area contributed by atoms with Crippen molar-refractivity contribution in [3.05, 3.63) is 64.7 Å². The van der Waals surface area contributed by atoms with E-state index in [0.717, 1.165) is 17.5 Å². The van der Waals surface area contributed by atoms with Crippen LogP contribution in [0.4, 0.5) is 4.79 Å². The Morgan fingerprint density at radius 1 is 1.12 bits per heavy atom. The first kappa shape index (κ1) is 16.0. The van der Waals surface area contributed by atoms with Gasteiger partial charge >= 0.3 is 6.03 Å². The molecule has 4 rings (SSSR count). The zero-order valence-electron chi connectivity index (χ0n) is 13.5. The summed E-state index contributed by atoms with van der Waals surface area (Å²) in [7, 11) is 0. The number of urea groups is 1. The molecule has 2 aromatic rings. The van der Waals surface area contributed by atoms with Crippen LogP contribution < -0.4 is 10.1 Å². The zero-order valence-corrected chi connectivity index (χ0v) is 14.3. The summed E-state index contributed by atoms with van der Waals surface area (Å²) in [6, 6.07) is 14.4. The Kier molecular flexibility index (Phi) is 3.88. The fraction of sp³-hybridized carbons (Fsp3) is 0.263. The number of imide groups is 1. The van der Waals surface area contributed by atoms with Crippen LogP contribution in [0.25, 0.3) is 0 Å². The van der Waals surface area contributed by atoms with E-state index in [9.17, 15) is 9.59 Å². The first-order valence-electron chi connectivity index (χ1n) is 8.21. The van der Waals surface area contributed by atoms with Crippen molar-refractivity contribution in [3.8, 4) is 5.75 Å². The third-order valence-electron chi connectivity index (χ3n) is 4.82. The Morgan fingerprint density at radius 3 is 2.68 bits per heavy atom. The molecule has 1 spiro atoms. The molecule has 5 nitrogen and oxygen atoms in total. The van der Waals surface area contributed by atoms with Crippen LogP contribution in [0.15, 0.2) is 48.5 Å². The fourth-order valence-corrected chi connectivity index (χ4v) is 3.70. The van der Waals surface area contributed by atoms with Crippen molar-refractivity contribution in [1.29, 1.82) is 0 Å². The average molecular weight is 357 g/mol. The summed E-state index contributed by atoms with van der Waals surface area (Å²) in [5.74, 6) is 0.458. The van der Waals surface area contributed by atoms with Gasteiger partial charge in [0.25, 0.3) is 5.91 Å². The molecule has 1 N–H and O–H groups in total. The smallest absolute Gasteiger partial charge is 0.325 e. The highest BCUT2D eigenvalue weighted by molar-refractivity contribution is 6.30. The SMILES string of the molecule is O=C1N[C@@]2(CCc3ccccc32)C(=O)N1CCOc1ccc(Cl)cc1. The molecule has 1 aliphatic carbocycles. The standard InChI is InChI=1S/C19H17ClN2O3/c20-14-5-7-15(8-6-14)25-12-11-22-17(23)19(21-18(22)24)10-9-13-3-1-2-4-16(13)19/h1-8H,9-12H2,(H,21,24)/t19-/m1/s1. The number of fused-ring (bicyclic) bond motifs is 2. The van der Waals surface area contributed by atoms with Crippen molar-refractivity contribution >= 4 is 23.5 Å². The Morgan fingerprint density at radius 2 is 1.88 bits per heavy atom. The molecular formula is C19H17ClN2O3. The molecular weight excluding hydrogens is 340 g/mol. The molecule has 0 unspecified atom stereocenters. The van der Waals surface area contributed by atoms with E-state index in [-0.39, 0.29) is 25.1 Å². The van der Waals surface area contributed by atoms with E-state index in [0.29, 0.717) is 17.2 Å². The highest BCUT2D eigenvalue weighted by atomic mass is 35.5. The van der Waals surface area contributed by atoms with Crippen LogP contribution in [0.1, 0.15) is 17.5 Å². The van der Waals surface area contributed by atoms with Crippen LogP contribution in [0.5, 0.6) is 5.75 Å². The minimum atomic E-state index is -0.909. The molecule has 0 aromatic heterocycles. The predicted molar refractivity (Wildman–Crippen MR) is 93.6 cm³/mol. The Balaban J connectivity index is 1.46. The van der Waals surface area contributed by atoms with Gasteiger partial charge in [-0.05, 0) is 48.2 Å². The second-order valence-electron chi connectivity index (χ2n) is 6.25. The first-order valence-corrected chi connectivity index (χ1v) is 8.59. The van der Waals surface area contributed by atoms with Gasteiger partial charge in [0.05, 0.1) is 6.54 Å². The summed E-state index contributed by atoms with van der Waals surface area (Å²) >= 11 is 5.84. The molecule has 2 aliphatic rings. The van der Waals surface area contributed by atoms with Gasteiger partial charge in [0.15, 0.2) is 0 Å². The van der Waals surface area contributed by atoms with Crippen molar-refractivity contribution in [2.24, 2.45) is 0 Å². The minimum Gasteiger partial charge on any atom is -0.492 e. The Labute approximate surface area is 150 Å². The van der Waals surface area contributed by atoms with Crippen molar-refractivity contribution in [2.75, 3.05) is 13.2 Å². The summed E-state index contributed by atoms with van der Waals surface area (Å²) in [6.07, 6.45) is 1.39. The van der Waals surface area contributed by atoms with E-state index >= 15 is 0 Å². The maximum absolute atomic E-state index is 13.0. The van der Waals surface area contributed by atoms with Gasteiger partial charge in [-0.2, -0.15) is 0 Å². The second-order valence-corrected chi connectivity index (χ2v) is 6.69. The lowest BCUT2D eigenvalue weighted by molar-refractivity contribution is -0.131. The number of nitrogens with one attached hydrogen (secondary N) is 1. The fourth-order valence-electron chi connectivity index (χ4n) is 3.58. The Bertz CT molecular complexity index is 837. The van der Waals surface area contributed by atoms with Gasteiger partial charge in [-0.25, -0.2) is 4.79 Å². The lowest BCUT2D eigenvalue weighted by Gasteiger charge is -2.22. The summed E-state index contributed by atoms with van der Waals surface area (Å²) < 4.78 is 5.61. The number of amides is 3. The number of hydrogen-bond acceptors (Lipinski definition) is 3. The normalized spacial score (nSPS) is 21.6. The van der Waals surface area contributed by atoms with Crippen molar-refractivity contribution in [1.82, 2.24) is 10.2 Å². The third-order valence-corrected chi connectivity index (χ3v) is 5.07. The van der Waals surface area contributed by atoms with E-state index in [1.54, 1.807) is 24.3 Å². The Hall–Kier alpha value is -2.53. The highest BCUT2D eigenvalue weighted by Gasteiger charge is 2.54. The largest absolute Gasteiger partial charge is 0.492 e. The van der Waals surface area contributed by atoms with Gasteiger partial charge < -0.3 is 10.1 Å². The molecule has 1 aliphatic heterocycles. The molecule has 1 atom stereocenters. The summed E-state index contributed by atoms with van der Waals surface area (Å²) in [4.78, 5) is 26.6. The third kappa shape index (κ3) is 2.65. The van der Waals surface area contributed by atoms with Gasteiger partial charge in [-0.3, -0.25) is 9.69 Å². The van der Waals surface area contributed by atoms with Gasteiger partial charge in [-0.15, -0.1) is 0 Å². The maximum Gasteiger partial charge on any atom is 0.325 e. The molecule has 0 bridgehead atoms. The number of carbonyl (C=O) groups excluding carboxylic acids is 2. The van der Waals surface area contributed by atoms with Crippen LogP contribution in [0.3, 0.4) is 0 Å². The number of rotatable bonds is 4. The second kappa shape index (κ2) is 6.08. The lowest BCUT2D eigenvalue weighted by atomic mass is 9.92. The van der Waals surface area contributed by atoms with E-state index in [2.05, 4.69) is 5.32 Å². The molecule has 0 saturated carbocycles. The van der Waals surface area contributed by atoms with Crippen molar-refractivity contribution in [3.63, 3.8) is 0 Å². The molecule has 1 heterocycles. The molecule has 3 amide bonds. The number of halogens is 1. The van der Waals surface area contributed by atoms with Crippen LogP contribution in [0, 0.1) is 0 Å². The number of benzene rings is 2. The van der Waals surface area contributed by atoms with Crippen molar-refractivity contribution in [2.45, 2.75) is 18.4 Å². The summed E-state index contributed by atoms with van der Waals surface area (Å²) in [6.45, 7) is 0.440. The lowest BCUT2D eigenvalue weighted by Crippen LogP contribution is -2.42. The zero-order chi connectivity index (χ0) is 17.4. The van der Waals surface area contributed by atoms with Crippen LogP contribution in [0.2, 0.25) is 5.02 Å². The molecule has 25 heavy (non-hydrogen) atoms. The van der Waals surface area contributed by atoms with E-state index in [1.165, 1.54) is 4.90 Å². The van der Waals surface area contributed by atoms with E-state index < -0.39 is 5.54 Å². The molecule has 1 saturated heterocycles. The molecule has 1 fully saturated rings. The molecule has 128 valence electrons. The van der Waals surface area contributed by atoms with Gasteiger partial charge in [0.1, 0.15) is 17.9 Å². The number of aryl methyl sites for hydroxylation is 1.